The second-order valence-electron chi connectivity index (χ2n) is 7.67. The fraction of sp³-hybridized carbons (Fsp3) is 0.522. The molecule has 1 N–H and O–H groups in total. The Labute approximate surface area is 159 Å². The average molecular weight is 354 g/mol. The van der Waals surface area contributed by atoms with Gasteiger partial charge in [0, 0.05) is 42.8 Å². The van der Waals surface area contributed by atoms with Crippen LogP contribution in [0.1, 0.15) is 52.5 Å². The molecule has 0 unspecified atom stereocenters. The standard InChI is InChI=1S/C12H17N.C11H18N2/c1-10(2)13-9-5-7-11-6-3-4-8-12(11)13;1-4-11-10(8-12)6-5-7-13(11)9(2)3/h3-4,6,8,10H,5,7,9H2,1-2H3;4,8-9,12H,1,5-7H2,2-3H3. The van der Waals surface area contributed by atoms with Crippen molar-refractivity contribution in [3.8, 4) is 0 Å². The smallest absolute Gasteiger partial charge is 0.0410 e. The Balaban J connectivity index is 0.000000187. The maximum absolute atomic E-state index is 7.30. The molecule has 0 bridgehead atoms. The van der Waals surface area contributed by atoms with Crippen molar-refractivity contribution in [1.29, 1.82) is 5.41 Å². The number of para-hydroxylation sites is 1. The molecule has 0 amide bonds. The first-order valence-electron chi connectivity index (χ1n) is 9.96. The van der Waals surface area contributed by atoms with Crippen molar-refractivity contribution in [3.05, 3.63) is 53.8 Å². The Morgan fingerprint density at radius 1 is 0.962 bits per heavy atom. The summed E-state index contributed by atoms with van der Waals surface area (Å²) in [4.78, 5) is 4.82. The summed E-state index contributed by atoms with van der Waals surface area (Å²) < 4.78 is 0. The zero-order valence-corrected chi connectivity index (χ0v) is 17.0. The van der Waals surface area contributed by atoms with E-state index in [2.05, 4.69) is 68.3 Å². The van der Waals surface area contributed by atoms with Crippen LogP contribution in [0.3, 0.4) is 0 Å². The summed E-state index contributed by atoms with van der Waals surface area (Å²) in [6, 6.07) is 9.91. The molecule has 142 valence electrons. The van der Waals surface area contributed by atoms with Gasteiger partial charge in [0.25, 0.3) is 0 Å². The highest BCUT2D eigenvalue weighted by atomic mass is 15.2. The predicted octanol–water partition coefficient (Wildman–Crippen LogP) is 5.43. The number of benzene rings is 1. The third-order valence-corrected chi connectivity index (χ3v) is 5.24. The Hall–Kier alpha value is -2.03. The van der Waals surface area contributed by atoms with Gasteiger partial charge in [-0.3, -0.25) is 0 Å². The molecule has 2 aliphatic heterocycles. The van der Waals surface area contributed by atoms with Crippen molar-refractivity contribution >= 4 is 11.9 Å². The minimum atomic E-state index is 0.503. The molecule has 26 heavy (non-hydrogen) atoms. The molecule has 0 saturated carbocycles. The summed E-state index contributed by atoms with van der Waals surface area (Å²) in [6.07, 6.45) is 8.06. The fourth-order valence-electron chi connectivity index (χ4n) is 3.90. The van der Waals surface area contributed by atoms with Gasteiger partial charge in [0.2, 0.25) is 0 Å². The maximum atomic E-state index is 7.30. The Kier molecular flexibility index (Phi) is 7.50. The van der Waals surface area contributed by atoms with Crippen molar-refractivity contribution in [2.45, 2.75) is 65.5 Å². The van der Waals surface area contributed by atoms with E-state index < -0.39 is 0 Å². The molecule has 0 radical (unpaired) electrons. The Morgan fingerprint density at radius 2 is 1.58 bits per heavy atom. The van der Waals surface area contributed by atoms with Crippen LogP contribution in [-0.4, -0.2) is 36.3 Å². The fourth-order valence-corrected chi connectivity index (χ4v) is 3.90. The molecule has 0 atom stereocenters. The third kappa shape index (κ3) is 4.78. The van der Waals surface area contributed by atoms with E-state index in [1.165, 1.54) is 36.9 Å². The van der Waals surface area contributed by atoms with Gasteiger partial charge in [-0.2, -0.15) is 0 Å². The first-order valence-corrected chi connectivity index (χ1v) is 9.96. The quantitative estimate of drug-likeness (QED) is 0.732. The molecule has 0 aromatic heterocycles. The molecule has 3 nitrogen and oxygen atoms in total. The lowest BCUT2D eigenvalue weighted by Crippen LogP contribution is -2.35. The zero-order valence-electron chi connectivity index (χ0n) is 17.0. The number of hydrogen-bond donors (Lipinski definition) is 1. The molecule has 3 heteroatoms. The van der Waals surface area contributed by atoms with Crippen LogP contribution in [0.15, 0.2) is 48.2 Å². The van der Waals surface area contributed by atoms with E-state index in [1.54, 1.807) is 0 Å². The van der Waals surface area contributed by atoms with E-state index in [1.807, 2.05) is 6.08 Å². The van der Waals surface area contributed by atoms with Crippen molar-refractivity contribution in [3.63, 3.8) is 0 Å². The molecule has 0 saturated heterocycles. The minimum absolute atomic E-state index is 0.503. The van der Waals surface area contributed by atoms with Crippen LogP contribution >= 0.6 is 0 Å². The molecule has 0 fully saturated rings. The van der Waals surface area contributed by atoms with Gasteiger partial charge in [0.05, 0.1) is 0 Å². The highest BCUT2D eigenvalue weighted by molar-refractivity contribution is 5.78. The van der Waals surface area contributed by atoms with E-state index in [-0.39, 0.29) is 0 Å². The van der Waals surface area contributed by atoms with Gasteiger partial charge in [0.1, 0.15) is 0 Å². The van der Waals surface area contributed by atoms with E-state index in [9.17, 15) is 0 Å². The molecule has 3 rings (SSSR count). The van der Waals surface area contributed by atoms with Crippen molar-refractivity contribution in [2.75, 3.05) is 18.0 Å². The molecule has 0 aliphatic carbocycles. The second-order valence-corrected chi connectivity index (χ2v) is 7.67. The number of anilines is 1. The third-order valence-electron chi connectivity index (χ3n) is 5.24. The molecule has 1 aromatic carbocycles. The van der Waals surface area contributed by atoms with E-state index in [0.29, 0.717) is 12.1 Å². The highest BCUT2D eigenvalue weighted by Gasteiger charge is 2.19. The lowest BCUT2D eigenvalue weighted by molar-refractivity contribution is 0.274. The minimum Gasteiger partial charge on any atom is -0.369 e. The first kappa shape index (κ1) is 20.3. The van der Waals surface area contributed by atoms with E-state index >= 15 is 0 Å². The van der Waals surface area contributed by atoms with E-state index in [4.69, 9.17) is 5.41 Å². The van der Waals surface area contributed by atoms with E-state index in [0.717, 1.165) is 30.7 Å². The topological polar surface area (TPSA) is 30.3 Å². The summed E-state index contributed by atoms with van der Waals surface area (Å²) in [7, 11) is 0. The van der Waals surface area contributed by atoms with Gasteiger partial charge in [-0.25, -0.2) is 0 Å². The van der Waals surface area contributed by atoms with Crippen LogP contribution in [0.4, 0.5) is 5.69 Å². The monoisotopic (exact) mass is 353 g/mol. The van der Waals surface area contributed by atoms with Gasteiger partial charge in [-0.1, -0.05) is 24.8 Å². The van der Waals surface area contributed by atoms with Crippen LogP contribution in [-0.2, 0) is 6.42 Å². The molecule has 2 heterocycles. The van der Waals surface area contributed by atoms with Crippen molar-refractivity contribution in [1.82, 2.24) is 4.90 Å². The summed E-state index contributed by atoms with van der Waals surface area (Å²) in [5.41, 5.74) is 5.23. The number of aryl methyl sites for hydroxylation is 1. The predicted molar refractivity (Wildman–Crippen MR) is 114 cm³/mol. The van der Waals surface area contributed by atoms with Crippen LogP contribution in [0, 0.1) is 5.41 Å². The van der Waals surface area contributed by atoms with Gasteiger partial charge in [-0.05, 0) is 76.7 Å². The number of allylic oxidation sites excluding steroid dienone is 2. The Morgan fingerprint density at radius 3 is 2.19 bits per heavy atom. The van der Waals surface area contributed by atoms with Gasteiger partial charge < -0.3 is 15.2 Å². The summed E-state index contributed by atoms with van der Waals surface area (Å²) in [6.45, 7) is 15.0. The lowest BCUT2D eigenvalue weighted by atomic mass is 10.0. The molecule has 0 spiro atoms. The summed E-state index contributed by atoms with van der Waals surface area (Å²) in [5, 5.41) is 7.30. The number of nitrogens with zero attached hydrogens (tertiary/aromatic N) is 2. The normalized spacial score (nSPS) is 17.0. The number of rotatable bonds is 4. The second kappa shape index (κ2) is 9.61. The Bertz CT molecular complexity index is 643. The number of nitrogens with one attached hydrogen (secondary N) is 1. The van der Waals surface area contributed by atoms with Crippen LogP contribution in [0.5, 0.6) is 0 Å². The molecule has 2 aliphatic rings. The number of hydrogen-bond acceptors (Lipinski definition) is 3. The van der Waals surface area contributed by atoms with Crippen molar-refractivity contribution in [2.24, 2.45) is 0 Å². The van der Waals surface area contributed by atoms with Crippen molar-refractivity contribution < 1.29 is 0 Å². The van der Waals surface area contributed by atoms with Gasteiger partial charge in [-0.15, -0.1) is 0 Å². The SMILES string of the molecule is C=CC1=C(C=N)CCCN1C(C)C.CC(C)N1CCCc2ccccc21. The van der Waals surface area contributed by atoms with Crippen LogP contribution in [0.25, 0.3) is 0 Å². The average Bonchev–Trinajstić information content (AvgIpc) is 2.67. The molecular formula is C23H35N3. The van der Waals surface area contributed by atoms with Crippen LogP contribution in [0.2, 0.25) is 0 Å². The highest BCUT2D eigenvalue weighted by Crippen LogP contribution is 2.28. The van der Waals surface area contributed by atoms with Gasteiger partial charge >= 0.3 is 0 Å². The molecular weight excluding hydrogens is 318 g/mol. The maximum Gasteiger partial charge on any atom is 0.0410 e. The summed E-state index contributed by atoms with van der Waals surface area (Å²) >= 11 is 0. The lowest BCUT2D eigenvalue weighted by Gasteiger charge is -2.34. The zero-order chi connectivity index (χ0) is 19.1. The largest absolute Gasteiger partial charge is 0.369 e. The summed E-state index contributed by atoms with van der Waals surface area (Å²) in [5.74, 6) is 0. The first-order chi connectivity index (χ1) is 12.5. The van der Waals surface area contributed by atoms with Crippen LogP contribution < -0.4 is 4.90 Å². The number of fused-ring (bicyclic) bond motifs is 1. The molecule has 1 aromatic rings. The van der Waals surface area contributed by atoms with Gasteiger partial charge in [0.15, 0.2) is 0 Å².